The van der Waals surface area contributed by atoms with Crippen LogP contribution in [0, 0.1) is 0 Å². The summed E-state index contributed by atoms with van der Waals surface area (Å²) < 4.78 is 27.3. The summed E-state index contributed by atoms with van der Waals surface area (Å²) in [7, 11) is -3.74. The van der Waals surface area contributed by atoms with Gasteiger partial charge < -0.3 is 10.2 Å². The van der Waals surface area contributed by atoms with E-state index in [1.165, 1.54) is 0 Å². The number of benzene rings is 1. The molecule has 156 valence electrons. The van der Waals surface area contributed by atoms with Crippen molar-refractivity contribution >= 4 is 21.7 Å². The van der Waals surface area contributed by atoms with Crippen LogP contribution in [0.15, 0.2) is 53.6 Å². The highest BCUT2D eigenvalue weighted by Gasteiger charge is 2.25. The molecule has 1 unspecified atom stereocenters. The number of nitrogens with one attached hydrogen (secondary N) is 2. The second kappa shape index (κ2) is 8.51. The summed E-state index contributed by atoms with van der Waals surface area (Å²) in [5, 5.41) is 2.90. The van der Waals surface area contributed by atoms with E-state index in [-0.39, 0.29) is 28.8 Å². The van der Waals surface area contributed by atoms with Crippen molar-refractivity contribution in [2.75, 3.05) is 24.5 Å². The molecule has 0 bridgehead atoms. The molecule has 1 aromatic heterocycles. The number of sulfonamides is 1. The Morgan fingerprint density at radius 3 is 2.52 bits per heavy atom. The first-order valence-corrected chi connectivity index (χ1v) is 11.2. The number of amides is 1. The number of anilines is 1. The molecule has 2 heterocycles. The molecule has 1 amide bonds. The lowest BCUT2D eigenvalue weighted by Crippen LogP contribution is -2.43. The average Bonchev–Trinajstić information content (AvgIpc) is 3.15. The average molecular weight is 417 g/mol. The third-order valence-corrected chi connectivity index (χ3v) is 6.40. The first kappa shape index (κ1) is 21.3. The molecule has 8 heteroatoms. The van der Waals surface area contributed by atoms with Crippen molar-refractivity contribution in [3.63, 3.8) is 0 Å². The van der Waals surface area contributed by atoms with Gasteiger partial charge in [-0.25, -0.2) is 18.1 Å². The van der Waals surface area contributed by atoms with Crippen LogP contribution in [0.2, 0.25) is 0 Å². The molecule has 1 aliphatic heterocycles. The van der Waals surface area contributed by atoms with E-state index in [0.717, 1.165) is 24.3 Å². The van der Waals surface area contributed by atoms with E-state index in [2.05, 4.69) is 40.7 Å². The highest BCUT2D eigenvalue weighted by atomic mass is 32.2. The number of carbonyl (C=O) groups is 1. The van der Waals surface area contributed by atoms with E-state index >= 15 is 0 Å². The van der Waals surface area contributed by atoms with Crippen LogP contribution in [0.4, 0.5) is 5.82 Å². The standard InChI is InChI=1S/C21H28N4O3S/c1-21(2,3)16-7-9-18(10-8-16)29(27,28)23-14-20(26)24-17-11-13-25(15-17)19-6-4-5-12-22-19/h4-10,12,17,23H,11,13-15H2,1-3H3,(H,24,26). The number of rotatable bonds is 6. The van der Waals surface area contributed by atoms with E-state index in [0.29, 0.717) is 6.54 Å². The Labute approximate surface area is 172 Å². The number of hydrogen-bond acceptors (Lipinski definition) is 5. The van der Waals surface area contributed by atoms with Crippen molar-refractivity contribution in [2.45, 2.75) is 43.5 Å². The first-order valence-electron chi connectivity index (χ1n) is 9.71. The fraction of sp³-hybridized carbons (Fsp3) is 0.429. The fourth-order valence-corrected chi connectivity index (χ4v) is 4.27. The molecule has 3 rings (SSSR count). The highest BCUT2D eigenvalue weighted by Crippen LogP contribution is 2.23. The first-order chi connectivity index (χ1) is 13.6. The predicted molar refractivity (Wildman–Crippen MR) is 113 cm³/mol. The number of hydrogen-bond donors (Lipinski definition) is 2. The van der Waals surface area contributed by atoms with E-state index in [1.54, 1.807) is 30.5 Å². The van der Waals surface area contributed by atoms with Gasteiger partial charge in [-0.05, 0) is 41.7 Å². The quantitative estimate of drug-likeness (QED) is 0.752. The van der Waals surface area contributed by atoms with Crippen LogP contribution >= 0.6 is 0 Å². The number of nitrogens with zero attached hydrogens (tertiary/aromatic N) is 2. The van der Waals surface area contributed by atoms with Gasteiger partial charge in [0.15, 0.2) is 0 Å². The van der Waals surface area contributed by atoms with Crippen molar-refractivity contribution in [2.24, 2.45) is 0 Å². The molecule has 29 heavy (non-hydrogen) atoms. The van der Waals surface area contributed by atoms with Gasteiger partial charge in [-0.15, -0.1) is 0 Å². The molecular weight excluding hydrogens is 388 g/mol. The summed E-state index contributed by atoms with van der Waals surface area (Å²) in [5.74, 6) is 0.538. The molecular formula is C21H28N4O3S. The Morgan fingerprint density at radius 2 is 1.90 bits per heavy atom. The Balaban J connectivity index is 1.51. The van der Waals surface area contributed by atoms with Gasteiger partial charge in [0.25, 0.3) is 0 Å². The summed E-state index contributed by atoms with van der Waals surface area (Å²) in [4.78, 5) is 18.8. The maximum Gasteiger partial charge on any atom is 0.241 e. The van der Waals surface area contributed by atoms with Crippen molar-refractivity contribution in [3.8, 4) is 0 Å². The van der Waals surface area contributed by atoms with Gasteiger partial charge in [0.2, 0.25) is 15.9 Å². The lowest BCUT2D eigenvalue weighted by Gasteiger charge is -2.19. The zero-order valence-electron chi connectivity index (χ0n) is 17.1. The molecule has 7 nitrogen and oxygen atoms in total. The Bertz CT molecular complexity index is 938. The van der Waals surface area contributed by atoms with Gasteiger partial charge in [-0.1, -0.05) is 39.0 Å². The Kier molecular flexibility index (Phi) is 6.24. The van der Waals surface area contributed by atoms with Crippen molar-refractivity contribution in [3.05, 3.63) is 54.2 Å². The summed E-state index contributed by atoms with van der Waals surface area (Å²) in [6.45, 7) is 7.37. The predicted octanol–water partition coefficient (Wildman–Crippen LogP) is 2.05. The monoisotopic (exact) mass is 416 g/mol. The smallest absolute Gasteiger partial charge is 0.241 e. The number of aromatic nitrogens is 1. The summed E-state index contributed by atoms with van der Waals surface area (Å²) in [5.41, 5.74) is 0.993. The molecule has 0 spiro atoms. The van der Waals surface area contributed by atoms with Crippen LogP contribution in [0.3, 0.4) is 0 Å². The van der Waals surface area contributed by atoms with Gasteiger partial charge >= 0.3 is 0 Å². The SMILES string of the molecule is CC(C)(C)c1ccc(S(=O)(=O)NCC(=O)NC2CCN(c3ccccn3)C2)cc1. The second-order valence-corrected chi connectivity index (χ2v) is 10.1. The number of pyridine rings is 1. The van der Waals surface area contributed by atoms with Crippen LogP contribution in [0.25, 0.3) is 0 Å². The molecule has 2 N–H and O–H groups in total. The van der Waals surface area contributed by atoms with Crippen molar-refractivity contribution in [1.82, 2.24) is 15.0 Å². The van der Waals surface area contributed by atoms with Gasteiger partial charge in [0.05, 0.1) is 11.4 Å². The zero-order valence-corrected chi connectivity index (χ0v) is 17.9. The summed E-state index contributed by atoms with van der Waals surface area (Å²) in [6, 6.07) is 12.5. The van der Waals surface area contributed by atoms with Crippen LogP contribution in [0.1, 0.15) is 32.8 Å². The van der Waals surface area contributed by atoms with E-state index in [9.17, 15) is 13.2 Å². The molecule has 0 radical (unpaired) electrons. The fourth-order valence-electron chi connectivity index (χ4n) is 3.28. The van der Waals surface area contributed by atoms with Gasteiger partial charge in [0, 0.05) is 25.3 Å². The minimum Gasteiger partial charge on any atom is -0.354 e. The maximum atomic E-state index is 12.5. The van der Waals surface area contributed by atoms with E-state index in [1.807, 2.05) is 18.2 Å². The van der Waals surface area contributed by atoms with Crippen molar-refractivity contribution in [1.29, 1.82) is 0 Å². The van der Waals surface area contributed by atoms with Crippen LogP contribution in [-0.4, -0.2) is 45.0 Å². The lowest BCUT2D eigenvalue weighted by atomic mass is 9.87. The molecule has 1 saturated heterocycles. The molecule has 0 saturated carbocycles. The van der Waals surface area contributed by atoms with E-state index < -0.39 is 10.0 Å². The maximum absolute atomic E-state index is 12.5. The normalized spacial score (nSPS) is 17.3. The minimum absolute atomic E-state index is 0.0277. The van der Waals surface area contributed by atoms with Crippen LogP contribution in [-0.2, 0) is 20.2 Å². The Hall–Kier alpha value is -2.45. The minimum atomic E-state index is -3.74. The summed E-state index contributed by atoms with van der Waals surface area (Å²) >= 11 is 0. The van der Waals surface area contributed by atoms with Crippen molar-refractivity contribution < 1.29 is 13.2 Å². The van der Waals surface area contributed by atoms with Gasteiger partial charge in [-0.2, -0.15) is 0 Å². The topological polar surface area (TPSA) is 91.4 Å². The van der Waals surface area contributed by atoms with E-state index in [4.69, 9.17) is 0 Å². The molecule has 1 fully saturated rings. The molecule has 2 aromatic rings. The highest BCUT2D eigenvalue weighted by molar-refractivity contribution is 7.89. The lowest BCUT2D eigenvalue weighted by molar-refractivity contribution is -0.120. The number of carbonyl (C=O) groups excluding carboxylic acids is 1. The summed E-state index contributed by atoms with van der Waals surface area (Å²) in [6.07, 6.45) is 2.54. The Morgan fingerprint density at radius 1 is 1.17 bits per heavy atom. The third-order valence-electron chi connectivity index (χ3n) is 4.98. The third kappa shape index (κ3) is 5.55. The second-order valence-electron chi connectivity index (χ2n) is 8.29. The molecule has 1 atom stereocenters. The zero-order chi connectivity index (χ0) is 21.1. The molecule has 0 aliphatic carbocycles. The molecule has 1 aromatic carbocycles. The largest absolute Gasteiger partial charge is 0.354 e. The van der Waals surface area contributed by atoms with Gasteiger partial charge in [0.1, 0.15) is 5.82 Å². The van der Waals surface area contributed by atoms with Crippen LogP contribution in [0.5, 0.6) is 0 Å². The van der Waals surface area contributed by atoms with Gasteiger partial charge in [-0.3, -0.25) is 4.79 Å². The molecule has 1 aliphatic rings. The van der Waals surface area contributed by atoms with Crippen LogP contribution < -0.4 is 14.9 Å².